The maximum atomic E-state index is 12.4. The Labute approximate surface area is 257 Å². The van der Waals surface area contributed by atoms with E-state index in [2.05, 4.69) is 0 Å². The number of cyclic esters (lactones) is 1. The van der Waals surface area contributed by atoms with Crippen molar-refractivity contribution in [2.45, 2.75) is 80.9 Å². The van der Waals surface area contributed by atoms with Gasteiger partial charge in [0.05, 0.1) is 19.8 Å². The standard InChI is InChI=1S/C30H36O15/c1-12-23(34)25(36)27(38)29(42-12)41-11-21-24(35)26(37)28(39)30(45-21)44-19-9-14(31)4-5-15(19)16-10-22(33)43-18(16)7-13-3-6-17(32)20(8-13)40-2/h3-6,8-10,12,18,21,23-32,34-39H,7,11H2,1-2H3/t12-,18?,21+,23-,24+,25+,26-,27+,28+,29+,30+/m0/s1. The summed E-state index contributed by atoms with van der Waals surface area (Å²) in [6, 6.07) is 8.69. The van der Waals surface area contributed by atoms with Crippen molar-refractivity contribution in [2.24, 2.45) is 0 Å². The molecule has 0 amide bonds. The number of hydrogen-bond acceptors (Lipinski definition) is 15. The van der Waals surface area contributed by atoms with E-state index in [0.29, 0.717) is 16.7 Å². The number of ether oxygens (including phenoxy) is 6. The third kappa shape index (κ3) is 6.86. The Kier molecular flexibility index (Phi) is 9.83. The van der Waals surface area contributed by atoms with Gasteiger partial charge in [0, 0.05) is 29.7 Å². The topological polar surface area (TPSA) is 234 Å². The molecule has 1 unspecified atom stereocenters. The number of carbonyl (C=O) groups is 1. The summed E-state index contributed by atoms with van der Waals surface area (Å²) in [6.45, 7) is 0.962. The monoisotopic (exact) mass is 636 g/mol. The molecule has 3 heterocycles. The van der Waals surface area contributed by atoms with Gasteiger partial charge in [-0.1, -0.05) is 6.07 Å². The first kappa shape index (κ1) is 32.9. The molecular formula is C30H36O15. The molecule has 15 heteroatoms. The molecule has 11 atom stereocenters. The quantitative estimate of drug-likeness (QED) is 0.149. The second-order valence-corrected chi connectivity index (χ2v) is 11.1. The summed E-state index contributed by atoms with van der Waals surface area (Å²) in [5.74, 6) is -0.763. The van der Waals surface area contributed by atoms with Crippen molar-refractivity contribution >= 4 is 11.5 Å². The molecular weight excluding hydrogens is 600 g/mol. The predicted molar refractivity (Wildman–Crippen MR) is 150 cm³/mol. The van der Waals surface area contributed by atoms with E-state index in [9.17, 15) is 45.6 Å². The number of rotatable bonds is 9. The fraction of sp³-hybridized carbons (Fsp3) is 0.500. The van der Waals surface area contributed by atoms with Gasteiger partial charge in [0.1, 0.15) is 60.3 Å². The highest BCUT2D eigenvalue weighted by atomic mass is 16.7. The summed E-state index contributed by atoms with van der Waals surface area (Å²) < 4.78 is 33.2. The van der Waals surface area contributed by atoms with Crippen LogP contribution >= 0.6 is 0 Å². The number of carbonyl (C=O) groups excluding carboxylic acids is 1. The summed E-state index contributed by atoms with van der Waals surface area (Å²) in [7, 11) is 1.40. The van der Waals surface area contributed by atoms with Gasteiger partial charge in [0.25, 0.3) is 0 Å². The highest BCUT2D eigenvalue weighted by molar-refractivity contribution is 5.98. The molecule has 246 valence electrons. The molecule has 2 aromatic rings. The van der Waals surface area contributed by atoms with Crippen molar-refractivity contribution in [3.05, 3.63) is 53.6 Å². The van der Waals surface area contributed by atoms with E-state index in [4.69, 9.17) is 28.4 Å². The number of aliphatic hydroxyl groups is 6. The highest BCUT2D eigenvalue weighted by Gasteiger charge is 2.47. The van der Waals surface area contributed by atoms with Crippen LogP contribution in [-0.4, -0.2) is 128 Å². The van der Waals surface area contributed by atoms with Crippen molar-refractivity contribution in [1.29, 1.82) is 0 Å². The minimum atomic E-state index is -1.78. The van der Waals surface area contributed by atoms with Gasteiger partial charge in [-0.2, -0.15) is 0 Å². The van der Waals surface area contributed by atoms with Gasteiger partial charge in [-0.3, -0.25) is 0 Å². The number of phenolic OH excluding ortho intramolecular Hbond substituents is 2. The third-order valence-electron chi connectivity index (χ3n) is 7.96. The van der Waals surface area contributed by atoms with Crippen LogP contribution in [0, 0.1) is 0 Å². The lowest BCUT2D eigenvalue weighted by molar-refractivity contribution is -0.318. The number of benzene rings is 2. The number of aliphatic hydroxyl groups excluding tert-OH is 6. The van der Waals surface area contributed by atoms with Gasteiger partial charge >= 0.3 is 5.97 Å². The average molecular weight is 637 g/mol. The minimum Gasteiger partial charge on any atom is -0.508 e. The second-order valence-electron chi connectivity index (χ2n) is 11.1. The molecule has 8 N–H and O–H groups in total. The van der Waals surface area contributed by atoms with E-state index in [0.717, 1.165) is 0 Å². The number of hydrogen-bond donors (Lipinski definition) is 8. The molecule has 0 bridgehead atoms. The van der Waals surface area contributed by atoms with Gasteiger partial charge in [-0.05, 0) is 36.8 Å². The smallest absolute Gasteiger partial charge is 0.331 e. The molecule has 5 rings (SSSR count). The second kappa shape index (κ2) is 13.5. The Morgan fingerprint density at radius 1 is 0.800 bits per heavy atom. The lowest BCUT2D eigenvalue weighted by Crippen LogP contribution is -2.61. The Morgan fingerprint density at radius 2 is 1.51 bits per heavy atom. The average Bonchev–Trinajstić information content (AvgIpc) is 3.38. The molecule has 0 saturated carbocycles. The number of methoxy groups -OCH3 is 1. The summed E-state index contributed by atoms with van der Waals surface area (Å²) >= 11 is 0. The molecule has 15 nitrogen and oxygen atoms in total. The van der Waals surface area contributed by atoms with Crippen LogP contribution in [0.15, 0.2) is 42.5 Å². The van der Waals surface area contributed by atoms with E-state index < -0.39 is 80.1 Å². The molecule has 0 aromatic heterocycles. The number of esters is 1. The maximum Gasteiger partial charge on any atom is 0.331 e. The van der Waals surface area contributed by atoms with Crippen molar-refractivity contribution in [3.8, 4) is 23.0 Å². The zero-order valence-corrected chi connectivity index (χ0v) is 24.2. The van der Waals surface area contributed by atoms with Crippen LogP contribution in [0.2, 0.25) is 0 Å². The van der Waals surface area contributed by atoms with Crippen molar-refractivity contribution in [2.75, 3.05) is 13.7 Å². The van der Waals surface area contributed by atoms with Gasteiger partial charge in [0.15, 0.2) is 17.8 Å². The summed E-state index contributed by atoms with van der Waals surface area (Å²) in [5, 5.41) is 82.2. The van der Waals surface area contributed by atoms with Gasteiger partial charge < -0.3 is 69.3 Å². The van der Waals surface area contributed by atoms with Crippen LogP contribution in [0.3, 0.4) is 0 Å². The summed E-state index contributed by atoms with van der Waals surface area (Å²) in [4.78, 5) is 12.4. The SMILES string of the molecule is COc1cc(CC2OC(=O)C=C2c2ccc(O)cc2O[C@@H]2O[C@H](CO[C@@H]3O[C@@H](C)[C@H](O)[C@@H](O)[C@H]3O)[C@@H](O)[C@H](O)[C@H]2O)ccc1O. The summed E-state index contributed by atoms with van der Waals surface area (Å²) in [5.41, 5.74) is 1.33. The van der Waals surface area contributed by atoms with E-state index in [1.54, 1.807) is 12.1 Å². The van der Waals surface area contributed by atoms with E-state index in [-0.39, 0.29) is 29.4 Å². The van der Waals surface area contributed by atoms with Crippen molar-refractivity contribution < 1.29 is 74.1 Å². The maximum absolute atomic E-state index is 12.4. The first-order valence-corrected chi connectivity index (χ1v) is 14.2. The zero-order valence-electron chi connectivity index (χ0n) is 24.2. The van der Waals surface area contributed by atoms with E-state index in [1.807, 2.05) is 0 Å². The van der Waals surface area contributed by atoms with Crippen molar-refractivity contribution in [3.63, 3.8) is 0 Å². The van der Waals surface area contributed by atoms with Crippen LogP contribution in [0.5, 0.6) is 23.0 Å². The molecule has 3 aliphatic rings. The summed E-state index contributed by atoms with van der Waals surface area (Å²) in [6.07, 6.45) is -14.4. The highest BCUT2D eigenvalue weighted by Crippen LogP contribution is 2.39. The number of phenols is 2. The van der Waals surface area contributed by atoms with Gasteiger partial charge in [-0.15, -0.1) is 0 Å². The number of aromatic hydroxyl groups is 2. The van der Waals surface area contributed by atoms with E-state index >= 15 is 0 Å². The molecule has 0 aliphatic carbocycles. The van der Waals surface area contributed by atoms with Crippen LogP contribution in [0.25, 0.3) is 5.57 Å². The van der Waals surface area contributed by atoms with Crippen LogP contribution in [-0.2, 0) is 30.2 Å². The Balaban J connectivity index is 1.34. The first-order valence-electron chi connectivity index (χ1n) is 14.2. The van der Waals surface area contributed by atoms with Crippen LogP contribution in [0.1, 0.15) is 18.1 Å². The molecule has 2 fully saturated rings. The zero-order chi connectivity index (χ0) is 32.6. The lowest BCUT2D eigenvalue weighted by atomic mass is 9.95. The third-order valence-corrected chi connectivity index (χ3v) is 7.96. The fourth-order valence-corrected chi connectivity index (χ4v) is 5.39. The van der Waals surface area contributed by atoms with Gasteiger partial charge in [0.2, 0.25) is 6.29 Å². The van der Waals surface area contributed by atoms with Crippen LogP contribution < -0.4 is 9.47 Å². The van der Waals surface area contributed by atoms with Gasteiger partial charge in [-0.25, -0.2) is 4.79 Å². The predicted octanol–water partition coefficient (Wildman–Crippen LogP) is -1.31. The normalized spacial score (nSPS) is 35.1. The minimum absolute atomic E-state index is 0.0582. The lowest BCUT2D eigenvalue weighted by Gasteiger charge is -2.42. The Hall–Kier alpha value is -3.51. The Morgan fingerprint density at radius 3 is 2.24 bits per heavy atom. The fourth-order valence-electron chi connectivity index (χ4n) is 5.39. The van der Waals surface area contributed by atoms with Crippen LogP contribution in [0.4, 0.5) is 0 Å². The molecule has 2 saturated heterocycles. The molecule has 2 aromatic carbocycles. The van der Waals surface area contributed by atoms with E-state index in [1.165, 1.54) is 44.4 Å². The largest absolute Gasteiger partial charge is 0.508 e. The molecule has 45 heavy (non-hydrogen) atoms. The molecule has 0 radical (unpaired) electrons. The first-order chi connectivity index (χ1) is 21.4. The van der Waals surface area contributed by atoms with Crippen molar-refractivity contribution in [1.82, 2.24) is 0 Å². The Bertz CT molecular complexity index is 1400. The molecule has 3 aliphatic heterocycles. The molecule has 0 spiro atoms.